The minimum Gasteiger partial charge on any atom is -0.508 e. The molecule has 1 aliphatic heterocycles. The van der Waals surface area contributed by atoms with E-state index < -0.39 is 5.41 Å². The maximum atomic E-state index is 12.0. The molecule has 2 aromatic carbocycles. The van der Waals surface area contributed by atoms with E-state index >= 15 is 0 Å². The van der Waals surface area contributed by atoms with Crippen molar-refractivity contribution >= 4 is 6.29 Å². The maximum Gasteiger partial charge on any atom is 0.161 e. The molecule has 0 saturated heterocycles. The highest BCUT2D eigenvalue weighted by Crippen LogP contribution is 2.48. The Morgan fingerprint density at radius 3 is 2.48 bits per heavy atom. The van der Waals surface area contributed by atoms with Gasteiger partial charge in [0.2, 0.25) is 0 Å². The molecule has 2 N–H and O–H groups in total. The summed E-state index contributed by atoms with van der Waals surface area (Å²) < 4.78 is 16.1. The lowest BCUT2D eigenvalue weighted by molar-refractivity contribution is -0.111. The summed E-state index contributed by atoms with van der Waals surface area (Å²) in [6, 6.07) is 7.57. The van der Waals surface area contributed by atoms with Crippen LogP contribution in [0.1, 0.15) is 11.1 Å². The maximum absolute atomic E-state index is 12.0. The van der Waals surface area contributed by atoms with Crippen LogP contribution < -0.4 is 14.2 Å². The molecule has 0 saturated carbocycles. The Bertz CT molecular complexity index is 770. The standard InChI is InChI=1S/C17H16O6/c1-21-14-7-13(20)16(22-2)6-12(14)17(8-18)9-23-15-5-10(19)3-4-11(15)17/h3-8,19-20H,9H2,1-2H3. The SMILES string of the molecule is COc1cc(C2(C=O)COc3cc(O)ccc32)c(OC)cc1O. The largest absolute Gasteiger partial charge is 0.508 e. The van der Waals surface area contributed by atoms with Crippen molar-refractivity contribution in [3.63, 3.8) is 0 Å². The monoisotopic (exact) mass is 316 g/mol. The van der Waals surface area contributed by atoms with E-state index in [1.54, 1.807) is 12.1 Å². The van der Waals surface area contributed by atoms with Crippen LogP contribution in [0.2, 0.25) is 0 Å². The molecule has 2 aromatic rings. The third-order valence-corrected chi connectivity index (χ3v) is 4.08. The van der Waals surface area contributed by atoms with Crippen molar-refractivity contribution < 1.29 is 29.2 Å². The zero-order valence-electron chi connectivity index (χ0n) is 12.7. The van der Waals surface area contributed by atoms with Crippen LogP contribution in [-0.2, 0) is 10.2 Å². The zero-order chi connectivity index (χ0) is 16.6. The van der Waals surface area contributed by atoms with Crippen molar-refractivity contribution in [1.29, 1.82) is 0 Å². The number of hydrogen-bond donors (Lipinski definition) is 2. The normalized spacial score (nSPS) is 18.9. The second kappa shape index (κ2) is 5.39. The number of phenols is 2. The summed E-state index contributed by atoms with van der Waals surface area (Å²) in [6.07, 6.45) is 0.782. The van der Waals surface area contributed by atoms with E-state index in [4.69, 9.17) is 14.2 Å². The molecule has 0 spiro atoms. The number of methoxy groups -OCH3 is 2. The van der Waals surface area contributed by atoms with Gasteiger partial charge in [0.15, 0.2) is 11.5 Å². The van der Waals surface area contributed by atoms with Crippen molar-refractivity contribution in [2.24, 2.45) is 0 Å². The van der Waals surface area contributed by atoms with Gasteiger partial charge in [0, 0.05) is 23.3 Å². The molecule has 0 fully saturated rings. The lowest BCUT2D eigenvalue weighted by atomic mass is 9.76. The number of benzene rings is 2. The Morgan fingerprint density at radius 1 is 1.09 bits per heavy atom. The van der Waals surface area contributed by atoms with Gasteiger partial charge in [0.1, 0.15) is 35.6 Å². The predicted molar refractivity (Wildman–Crippen MR) is 81.7 cm³/mol. The number of ether oxygens (including phenoxy) is 3. The van der Waals surface area contributed by atoms with E-state index in [1.165, 1.54) is 32.4 Å². The van der Waals surface area contributed by atoms with Gasteiger partial charge in [0.25, 0.3) is 0 Å². The van der Waals surface area contributed by atoms with Gasteiger partial charge in [-0.15, -0.1) is 0 Å². The quantitative estimate of drug-likeness (QED) is 0.839. The van der Waals surface area contributed by atoms with Crippen LogP contribution in [0.4, 0.5) is 0 Å². The van der Waals surface area contributed by atoms with E-state index in [2.05, 4.69) is 0 Å². The van der Waals surface area contributed by atoms with Gasteiger partial charge >= 0.3 is 0 Å². The van der Waals surface area contributed by atoms with Crippen molar-refractivity contribution in [2.45, 2.75) is 5.41 Å². The molecule has 6 heteroatoms. The second-order valence-corrected chi connectivity index (χ2v) is 5.28. The van der Waals surface area contributed by atoms with Gasteiger partial charge in [0.05, 0.1) is 14.2 Å². The Hall–Kier alpha value is -2.89. The number of carbonyl (C=O) groups is 1. The van der Waals surface area contributed by atoms with E-state index in [1.807, 2.05) is 0 Å². The number of rotatable bonds is 4. The number of hydrogen-bond acceptors (Lipinski definition) is 6. The molecule has 120 valence electrons. The van der Waals surface area contributed by atoms with E-state index in [0.29, 0.717) is 22.6 Å². The highest BCUT2D eigenvalue weighted by molar-refractivity contribution is 5.81. The number of phenolic OH excluding ortho intramolecular Hbond substituents is 2. The summed E-state index contributed by atoms with van der Waals surface area (Å²) in [5.74, 6) is 0.986. The van der Waals surface area contributed by atoms with Crippen LogP contribution in [-0.4, -0.2) is 37.3 Å². The van der Waals surface area contributed by atoms with Gasteiger partial charge in [-0.05, 0) is 12.1 Å². The summed E-state index contributed by atoms with van der Waals surface area (Å²) in [7, 11) is 2.88. The molecule has 0 bridgehead atoms. The van der Waals surface area contributed by atoms with Crippen molar-refractivity contribution in [1.82, 2.24) is 0 Å². The van der Waals surface area contributed by atoms with Crippen molar-refractivity contribution in [2.75, 3.05) is 20.8 Å². The molecular weight excluding hydrogens is 300 g/mol. The van der Waals surface area contributed by atoms with Crippen LogP contribution in [0.15, 0.2) is 30.3 Å². The number of aldehydes is 1. The Morgan fingerprint density at radius 2 is 1.83 bits per heavy atom. The fourth-order valence-corrected chi connectivity index (χ4v) is 2.88. The topological polar surface area (TPSA) is 85.2 Å². The average molecular weight is 316 g/mol. The molecule has 6 nitrogen and oxygen atoms in total. The first kappa shape index (κ1) is 15.0. The first-order valence-corrected chi connectivity index (χ1v) is 6.94. The number of carbonyl (C=O) groups excluding carboxylic acids is 1. The first-order chi connectivity index (χ1) is 11.1. The molecule has 0 aliphatic carbocycles. The van der Waals surface area contributed by atoms with Crippen LogP contribution >= 0.6 is 0 Å². The fraction of sp³-hybridized carbons (Fsp3) is 0.235. The Labute approximate surface area is 132 Å². The van der Waals surface area contributed by atoms with Gasteiger partial charge in [-0.2, -0.15) is 0 Å². The lowest BCUT2D eigenvalue weighted by Crippen LogP contribution is -2.32. The molecule has 0 amide bonds. The molecule has 3 rings (SSSR count). The molecule has 0 radical (unpaired) electrons. The summed E-state index contributed by atoms with van der Waals surface area (Å²) in [5.41, 5.74) is 0.0421. The summed E-state index contributed by atoms with van der Waals surface area (Å²) in [4.78, 5) is 12.0. The Balaban J connectivity index is 2.26. The molecule has 23 heavy (non-hydrogen) atoms. The molecular formula is C17H16O6. The average Bonchev–Trinajstić information content (AvgIpc) is 2.93. The van der Waals surface area contributed by atoms with E-state index in [9.17, 15) is 15.0 Å². The predicted octanol–water partition coefficient (Wildman–Crippen LogP) is 1.99. The molecule has 1 unspecified atom stereocenters. The number of aromatic hydroxyl groups is 2. The van der Waals surface area contributed by atoms with E-state index in [0.717, 1.165) is 6.29 Å². The lowest BCUT2D eigenvalue weighted by Gasteiger charge is -2.25. The summed E-state index contributed by atoms with van der Waals surface area (Å²) in [6.45, 7) is 0.0690. The van der Waals surface area contributed by atoms with Gasteiger partial charge in [-0.25, -0.2) is 0 Å². The third kappa shape index (κ3) is 2.14. The van der Waals surface area contributed by atoms with Gasteiger partial charge in [-0.1, -0.05) is 6.07 Å². The van der Waals surface area contributed by atoms with Crippen LogP contribution in [0.25, 0.3) is 0 Å². The molecule has 1 aliphatic rings. The minimum absolute atomic E-state index is 0.0562. The number of fused-ring (bicyclic) bond motifs is 1. The fourth-order valence-electron chi connectivity index (χ4n) is 2.88. The first-order valence-electron chi connectivity index (χ1n) is 6.94. The zero-order valence-corrected chi connectivity index (χ0v) is 12.7. The highest BCUT2D eigenvalue weighted by atomic mass is 16.5. The minimum atomic E-state index is -1.10. The summed E-state index contributed by atoms with van der Waals surface area (Å²) >= 11 is 0. The van der Waals surface area contributed by atoms with Crippen molar-refractivity contribution in [3.8, 4) is 28.7 Å². The van der Waals surface area contributed by atoms with Crippen LogP contribution in [0, 0.1) is 0 Å². The second-order valence-electron chi connectivity index (χ2n) is 5.28. The van der Waals surface area contributed by atoms with Gasteiger partial charge < -0.3 is 29.2 Å². The molecule has 0 aromatic heterocycles. The van der Waals surface area contributed by atoms with Gasteiger partial charge in [-0.3, -0.25) is 0 Å². The smallest absolute Gasteiger partial charge is 0.161 e. The van der Waals surface area contributed by atoms with E-state index in [-0.39, 0.29) is 23.9 Å². The van der Waals surface area contributed by atoms with Crippen LogP contribution in [0.5, 0.6) is 28.7 Å². The summed E-state index contributed by atoms with van der Waals surface area (Å²) in [5, 5.41) is 19.5. The molecule has 1 atom stereocenters. The third-order valence-electron chi connectivity index (χ3n) is 4.08. The van der Waals surface area contributed by atoms with Crippen LogP contribution in [0.3, 0.4) is 0 Å². The Kier molecular flexibility index (Phi) is 3.52. The molecule has 1 heterocycles. The highest BCUT2D eigenvalue weighted by Gasteiger charge is 2.45. The van der Waals surface area contributed by atoms with Crippen molar-refractivity contribution in [3.05, 3.63) is 41.5 Å².